The molecule has 0 aliphatic carbocycles. The molecule has 2 aromatic carbocycles. The summed E-state index contributed by atoms with van der Waals surface area (Å²) in [7, 11) is 0. The lowest BCUT2D eigenvalue weighted by Gasteiger charge is -2.08. The van der Waals surface area contributed by atoms with E-state index in [1.165, 1.54) is 17.0 Å². The van der Waals surface area contributed by atoms with E-state index in [-0.39, 0.29) is 0 Å². The van der Waals surface area contributed by atoms with Gasteiger partial charge in [-0.05, 0) is 48.5 Å². The minimum absolute atomic E-state index is 0.591. The van der Waals surface area contributed by atoms with Crippen LogP contribution in [0.4, 0.5) is 13.2 Å². The van der Waals surface area contributed by atoms with Crippen LogP contribution in [0.5, 0.6) is 0 Å². The number of alkyl halides is 3. The topological polar surface area (TPSA) is 12.0 Å². The fourth-order valence-electron chi connectivity index (χ4n) is 1.95. The average Bonchev–Trinajstić information content (AvgIpc) is 2.51. The molecule has 1 N–H and O–H groups in total. The summed E-state index contributed by atoms with van der Waals surface area (Å²) in [5.74, 6) is 1.02. The molecule has 22 heavy (non-hydrogen) atoms. The predicted molar refractivity (Wildman–Crippen MR) is 84.9 cm³/mol. The maximum Gasteiger partial charge on any atom is 0.416 e. The maximum absolute atomic E-state index is 12.4. The Labute approximate surface area is 132 Å². The first kappa shape index (κ1) is 16.9. The second kappa shape index (κ2) is 8.25. The van der Waals surface area contributed by atoms with E-state index in [1.807, 2.05) is 18.2 Å². The van der Waals surface area contributed by atoms with Crippen molar-refractivity contribution in [3.63, 3.8) is 0 Å². The normalized spacial score (nSPS) is 11.6. The average molecular weight is 325 g/mol. The molecule has 0 atom stereocenters. The molecule has 2 aromatic rings. The molecule has 0 aromatic heterocycles. The summed E-state index contributed by atoms with van der Waals surface area (Å²) in [6, 6.07) is 15.5. The number of nitrogens with one attached hydrogen (secondary N) is 1. The van der Waals surface area contributed by atoms with E-state index in [0.29, 0.717) is 6.54 Å². The highest BCUT2D eigenvalue weighted by Crippen LogP contribution is 2.29. The van der Waals surface area contributed by atoms with Crippen molar-refractivity contribution in [1.29, 1.82) is 0 Å². The molecule has 0 bridgehead atoms. The van der Waals surface area contributed by atoms with E-state index in [9.17, 15) is 13.2 Å². The minimum atomic E-state index is -4.26. The number of hydrogen-bond donors (Lipinski definition) is 1. The Morgan fingerprint density at radius 1 is 0.909 bits per heavy atom. The summed E-state index contributed by atoms with van der Waals surface area (Å²) in [6.07, 6.45) is -3.25. The molecule has 2 rings (SSSR count). The number of hydrogen-bond acceptors (Lipinski definition) is 2. The molecule has 0 aliphatic heterocycles. The van der Waals surface area contributed by atoms with Crippen molar-refractivity contribution in [1.82, 2.24) is 5.32 Å². The molecule has 0 unspecified atom stereocenters. The van der Waals surface area contributed by atoms with Crippen LogP contribution >= 0.6 is 11.8 Å². The third kappa shape index (κ3) is 5.73. The zero-order chi connectivity index (χ0) is 15.8. The van der Waals surface area contributed by atoms with E-state index in [0.717, 1.165) is 36.4 Å². The summed E-state index contributed by atoms with van der Waals surface area (Å²) in [5, 5.41) is 3.25. The van der Waals surface area contributed by atoms with Gasteiger partial charge in [-0.2, -0.15) is 13.2 Å². The molecule has 0 saturated carbocycles. The van der Waals surface area contributed by atoms with E-state index in [2.05, 4.69) is 17.4 Å². The minimum Gasteiger partial charge on any atom is -0.313 e. The van der Waals surface area contributed by atoms with Crippen LogP contribution in [0.15, 0.2) is 59.5 Å². The summed E-state index contributed by atoms with van der Waals surface area (Å²) in [4.78, 5) is 1.25. The molecule has 0 fully saturated rings. The van der Waals surface area contributed by atoms with Gasteiger partial charge in [-0.25, -0.2) is 0 Å². The van der Waals surface area contributed by atoms with Crippen molar-refractivity contribution >= 4 is 11.8 Å². The van der Waals surface area contributed by atoms with Crippen molar-refractivity contribution < 1.29 is 13.2 Å². The molecule has 0 amide bonds. The summed E-state index contributed by atoms with van der Waals surface area (Å²) in [6.45, 7) is 1.44. The molecular weight excluding hydrogens is 307 g/mol. The second-order valence-corrected chi connectivity index (χ2v) is 6.05. The Hall–Kier alpha value is -1.46. The maximum atomic E-state index is 12.4. The van der Waals surface area contributed by atoms with Gasteiger partial charge in [-0.15, -0.1) is 11.8 Å². The first-order chi connectivity index (χ1) is 10.6. The van der Waals surface area contributed by atoms with E-state index in [1.54, 1.807) is 11.8 Å². The molecule has 118 valence electrons. The zero-order valence-corrected chi connectivity index (χ0v) is 12.9. The fourth-order valence-corrected chi connectivity index (χ4v) is 2.82. The van der Waals surface area contributed by atoms with Crippen molar-refractivity contribution in [3.8, 4) is 0 Å². The van der Waals surface area contributed by atoms with Crippen LogP contribution in [-0.4, -0.2) is 12.3 Å². The van der Waals surface area contributed by atoms with Crippen LogP contribution in [-0.2, 0) is 12.7 Å². The lowest BCUT2D eigenvalue weighted by atomic mass is 10.1. The first-order valence-electron chi connectivity index (χ1n) is 7.10. The quantitative estimate of drug-likeness (QED) is 0.569. The largest absolute Gasteiger partial charge is 0.416 e. The van der Waals surface area contributed by atoms with Crippen molar-refractivity contribution in [2.45, 2.75) is 24.0 Å². The van der Waals surface area contributed by atoms with Crippen LogP contribution < -0.4 is 5.32 Å². The standard InChI is InChI=1S/C17H18F3NS/c18-17(19,20)15-9-7-14(8-10-15)13-21-11-4-12-22-16-5-2-1-3-6-16/h1-3,5-10,21H,4,11-13H2. The van der Waals surface area contributed by atoms with Gasteiger partial charge in [0.05, 0.1) is 5.56 Å². The highest BCUT2D eigenvalue weighted by atomic mass is 32.2. The predicted octanol–water partition coefficient (Wildman–Crippen LogP) is 4.98. The van der Waals surface area contributed by atoms with Gasteiger partial charge in [0, 0.05) is 11.4 Å². The Bertz CT molecular complexity index is 552. The van der Waals surface area contributed by atoms with Gasteiger partial charge in [0.15, 0.2) is 0 Å². The first-order valence-corrected chi connectivity index (χ1v) is 8.09. The van der Waals surface area contributed by atoms with Gasteiger partial charge >= 0.3 is 6.18 Å². The van der Waals surface area contributed by atoms with Gasteiger partial charge in [-0.3, -0.25) is 0 Å². The van der Waals surface area contributed by atoms with Crippen LogP contribution in [0.25, 0.3) is 0 Å². The Balaban J connectivity index is 1.62. The summed E-state index contributed by atoms with van der Waals surface area (Å²) in [5.41, 5.74) is 0.263. The Kier molecular flexibility index (Phi) is 6.34. The van der Waals surface area contributed by atoms with Gasteiger partial charge in [0.1, 0.15) is 0 Å². The van der Waals surface area contributed by atoms with Crippen molar-refractivity contribution in [2.24, 2.45) is 0 Å². The third-order valence-electron chi connectivity index (χ3n) is 3.12. The lowest BCUT2D eigenvalue weighted by molar-refractivity contribution is -0.137. The van der Waals surface area contributed by atoms with E-state index < -0.39 is 11.7 Å². The molecule has 0 radical (unpaired) electrons. The van der Waals surface area contributed by atoms with Crippen LogP contribution in [0.2, 0.25) is 0 Å². The van der Waals surface area contributed by atoms with Gasteiger partial charge in [0.2, 0.25) is 0 Å². The van der Waals surface area contributed by atoms with E-state index >= 15 is 0 Å². The second-order valence-electron chi connectivity index (χ2n) is 4.89. The van der Waals surface area contributed by atoms with Crippen molar-refractivity contribution in [3.05, 3.63) is 65.7 Å². The highest BCUT2D eigenvalue weighted by molar-refractivity contribution is 7.99. The summed E-state index contributed by atoms with van der Waals surface area (Å²) < 4.78 is 37.3. The molecular formula is C17H18F3NS. The molecule has 0 spiro atoms. The Morgan fingerprint density at radius 3 is 2.23 bits per heavy atom. The Morgan fingerprint density at radius 2 is 1.59 bits per heavy atom. The van der Waals surface area contributed by atoms with Gasteiger partial charge in [-0.1, -0.05) is 30.3 Å². The number of rotatable bonds is 7. The summed E-state index contributed by atoms with van der Waals surface area (Å²) >= 11 is 1.81. The smallest absolute Gasteiger partial charge is 0.313 e. The lowest BCUT2D eigenvalue weighted by Crippen LogP contribution is -2.15. The molecule has 0 aliphatic rings. The van der Waals surface area contributed by atoms with Crippen LogP contribution in [0.3, 0.4) is 0 Å². The zero-order valence-electron chi connectivity index (χ0n) is 12.1. The van der Waals surface area contributed by atoms with Crippen molar-refractivity contribution in [2.75, 3.05) is 12.3 Å². The van der Waals surface area contributed by atoms with E-state index in [4.69, 9.17) is 0 Å². The van der Waals surface area contributed by atoms with Crippen LogP contribution in [0, 0.1) is 0 Å². The molecule has 1 nitrogen and oxygen atoms in total. The number of thioether (sulfide) groups is 1. The van der Waals surface area contributed by atoms with Gasteiger partial charge < -0.3 is 5.32 Å². The molecule has 0 saturated heterocycles. The highest BCUT2D eigenvalue weighted by Gasteiger charge is 2.29. The van der Waals surface area contributed by atoms with Crippen LogP contribution in [0.1, 0.15) is 17.5 Å². The molecule has 5 heteroatoms. The fraction of sp³-hybridized carbons (Fsp3) is 0.294. The number of halogens is 3. The monoisotopic (exact) mass is 325 g/mol. The van der Waals surface area contributed by atoms with Gasteiger partial charge in [0.25, 0.3) is 0 Å². The molecule has 0 heterocycles. The SMILES string of the molecule is FC(F)(F)c1ccc(CNCCCSc2ccccc2)cc1. The number of benzene rings is 2. The third-order valence-corrected chi connectivity index (χ3v) is 4.22.